The molecule has 6 heteroatoms. The van der Waals surface area contributed by atoms with Gasteiger partial charge >= 0.3 is 16.4 Å². The molecule has 0 unspecified atom stereocenters. The van der Waals surface area contributed by atoms with Crippen molar-refractivity contribution >= 4 is 16.4 Å². The molecule has 0 aromatic rings. The molecule has 0 aliphatic carbocycles. The van der Waals surface area contributed by atoms with Gasteiger partial charge in [-0.2, -0.15) is 8.42 Å². The Balaban J connectivity index is 3.30. The molecule has 0 bridgehead atoms. The molecule has 0 spiro atoms. The molecule has 0 amide bonds. The number of allylic oxidation sites excluding steroid dienone is 2. The van der Waals surface area contributed by atoms with Crippen molar-refractivity contribution in [2.24, 2.45) is 0 Å². The molecule has 0 aromatic carbocycles. The fraction of sp³-hybridized carbons (Fsp3) is 0.812. The number of carbonyl (C=O) groups excluding carboxylic acids is 1. The molecule has 22 heavy (non-hydrogen) atoms. The van der Waals surface area contributed by atoms with Crippen molar-refractivity contribution in [1.82, 2.24) is 0 Å². The molecular weight excluding hydrogens is 304 g/mol. The topological polar surface area (TPSA) is 80.7 Å². The number of rotatable bonds is 14. The minimum absolute atomic E-state index is 0.0253. The summed E-state index contributed by atoms with van der Waals surface area (Å²) in [4.78, 5) is 11.0. The number of hydrogen-bond donors (Lipinski definition) is 1. The van der Waals surface area contributed by atoms with Crippen LogP contribution in [0.3, 0.4) is 0 Å². The Morgan fingerprint density at radius 3 is 1.95 bits per heavy atom. The summed E-state index contributed by atoms with van der Waals surface area (Å²) in [6.45, 7) is 2.22. The Hall–Kier alpha value is -0.880. The van der Waals surface area contributed by atoms with Crippen LogP contribution in [-0.2, 0) is 19.4 Å². The van der Waals surface area contributed by atoms with Crippen LogP contribution in [0.15, 0.2) is 12.2 Å². The summed E-state index contributed by atoms with van der Waals surface area (Å²) < 4.78 is 32.7. The molecule has 5 nitrogen and oxygen atoms in total. The van der Waals surface area contributed by atoms with E-state index in [0.29, 0.717) is 6.42 Å². The van der Waals surface area contributed by atoms with E-state index in [9.17, 15) is 13.2 Å². The predicted molar refractivity (Wildman–Crippen MR) is 87.9 cm³/mol. The van der Waals surface area contributed by atoms with Crippen LogP contribution < -0.4 is 0 Å². The van der Waals surface area contributed by atoms with E-state index < -0.39 is 16.4 Å². The van der Waals surface area contributed by atoms with E-state index in [1.807, 2.05) is 0 Å². The van der Waals surface area contributed by atoms with Crippen LogP contribution in [-0.4, -0.2) is 18.9 Å². The van der Waals surface area contributed by atoms with E-state index in [2.05, 4.69) is 23.3 Å². The highest BCUT2D eigenvalue weighted by Crippen LogP contribution is 2.09. The van der Waals surface area contributed by atoms with E-state index in [1.165, 1.54) is 32.1 Å². The zero-order valence-electron chi connectivity index (χ0n) is 13.6. The van der Waals surface area contributed by atoms with Gasteiger partial charge in [0.2, 0.25) is 0 Å². The van der Waals surface area contributed by atoms with Gasteiger partial charge in [-0.1, -0.05) is 57.6 Å². The fourth-order valence-electron chi connectivity index (χ4n) is 2.15. The maximum Gasteiger partial charge on any atom is 0.448 e. The lowest BCUT2D eigenvalue weighted by molar-refractivity contribution is -0.134. The average molecular weight is 334 g/mol. The summed E-state index contributed by atoms with van der Waals surface area (Å²) in [6.07, 6.45) is 16.7. The monoisotopic (exact) mass is 334 g/mol. The summed E-state index contributed by atoms with van der Waals surface area (Å²) in [6, 6.07) is 0. The lowest BCUT2D eigenvalue weighted by Crippen LogP contribution is -2.11. The molecule has 130 valence electrons. The minimum Gasteiger partial charge on any atom is -0.325 e. The fourth-order valence-corrected chi connectivity index (χ4v) is 2.46. The highest BCUT2D eigenvalue weighted by atomic mass is 32.3. The van der Waals surface area contributed by atoms with Crippen LogP contribution in [0.5, 0.6) is 0 Å². The van der Waals surface area contributed by atoms with E-state index >= 15 is 0 Å². The molecule has 0 heterocycles. The lowest BCUT2D eigenvalue weighted by Gasteiger charge is -2.01. The largest absolute Gasteiger partial charge is 0.448 e. The zero-order chi connectivity index (χ0) is 16.7. The van der Waals surface area contributed by atoms with Crippen LogP contribution in [0.1, 0.15) is 84.0 Å². The third-order valence-electron chi connectivity index (χ3n) is 3.34. The van der Waals surface area contributed by atoms with Crippen molar-refractivity contribution < 1.29 is 21.9 Å². The van der Waals surface area contributed by atoms with Crippen LogP contribution in [0.4, 0.5) is 0 Å². The zero-order valence-corrected chi connectivity index (χ0v) is 14.4. The summed E-state index contributed by atoms with van der Waals surface area (Å²) >= 11 is 0. The molecular formula is C16H30O5S. The first-order valence-electron chi connectivity index (χ1n) is 8.30. The van der Waals surface area contributed by atoms with Gasteiger partial charge in [0.05, 0.1) is 0 Å². The summed E-state index contributed by atoms with van der Waals surface area (Å²) in [5.74, 6) is -0.895. The molecule has 0 fully saturated rings. The molecule has 0 atom stereocenters. The second kappa shape index (κ2) is 13.8. The van der Waals surface area contributed by atoms with Crippen molar-refractivity contribution in [1.29, 1.82) is 0 Å². The number of hydrogen-bond acceptors (Lipinski definition) is 4. The van der Waals surface area contributed by atoms with Gasteiger partial charge in [0.1, 0.15) is 0 Å². The maximum absolute atomic E-state index is 11.0. The first kappa shape index (κ1) is 21.1. The summed E-state index contributed by atoms with van der Waals surface area (Å²) in [5.41, 5.74) is 0. The predicted octanol–water partition coefficient (Wildman–Crippen LogP) is 4.59. The molecule has 0 saturated heterocycles. The van der Waals surface area contributed by atoms with Gasteiger partial charge in [0, 0.05) is 6.42 Å². The molecule has 0 radical (unpaired) electrons. The Morgan fingerprint density at radius 2 is 1.41 bits per heavy atom. The van der Waals surface area contributed by atoms with Gasteiger partial charge < -0.3 is 4.18 Å². The molecule has 0 aliphatic rings. The highest BCUT2D eigenvalue weighted by Gasteiger charge is 2.12. The van der Waals surface area contributed by atoms with E-state index in [4.69, 9.17) is 4.55 Å². The minimum atomic E-state index is -4.65. The Labute approximate surface area is 135 Å². The standard InChI is InChI=1S/C16H30O5S/c1-2-3-4-5-6-7-8-9-10-11-12-13-14-15-16(17)21-22(18,19)20/h7-8H,2-6,9-15H2,1H3,(H,18,19,20). The number of unbranched alkanes of at least 4 members (excludes halogenated alkanes) is 9. The lowest BCUT2D eigenvalue weighted by atomic mass is 10.1. The maximum atomic E-state index is 11.0. The van der Waals surface area contributed by atoms with Crippen LogP contribution >= 0.6 is 0 Å². The van der Waals surface area contributed by atoms with Crippen molar-refractivity contribution in [2.75, 3.05) is 0 Å². The van der Waals surface area contributed by atoms with Crippen molar-refractivity contribution in [2.45, 2.75) is 84.0 Å². The molecule has 0 rings (SSSR count). The van der Waals surface area contributed by atoms with Gasteiger partial charge in [-0.25, -0.2) is 0 Å². The van der Waals surface area contributed by atoms with Gasteiger partial charge in [-0.05, 0) is 32.1 Å². The van der Waals surface area contributed by atoms with Gasteiger partial charge in [0.15, 0.2) is 0 Å². The quantitative estimate of drug-likeness (QED) is 0.285. The van der Waals surface area contributed by atoms with Gasteiger partial charge in [0.25, 0.3) is 0 Å². The van der Waals surface area contributed by atoms with Crippen molar-refractivity contribution in [3.8, 4) is 0 Å². The summed E-state index contributed by atoms with van der Waals surface area (Å²) in [7, 11) is -4.65. The van der Waals surface area contributed by atoms with Crippen LogP contribution in [0.25, 0.3) is 0 Å². The molecule has 0 aliphatic heterocycles. The van der Waals surface area contributed by atoms with E-state index in [0.717, 1.165) is 32.1 Å². The highest BCUT2D eigenvalue weighted by molar-refractivity contribution is 7.81. The second-order valence-corrected chi connectivity index (χ2v) is 6.53. The van der Waals surface area contributed by atoms with Crippen molar-refractivity contribution in [3.63, 3.8) is 0 Å². The first-order valence-corrected chi connectivity index (χ1v) is 9.67. The van der Waals surface area contributed by atoms with E-state index in [-0.39, 0.29) is 6.42 Å². The third-order valence-corrected chi connectivity index (χ3v) is 3.74. The van der Waals surface area contributed by atoms with Gasteiger partial charge in [-0.15, -0.1) is 0 Å². The third kappa shape index (κ3) is 17.2. The van der Waals surface area contributed by atoms with Crippen LogP contribution in [0.2, 0.25) is 0 Å². The Morgan fingerprint density at radius 1 is 0.909 bits per heavy atom. The summed E-state index contributed by atoms with van der Waals surface area (Å²) in [5, 5.41) is 0. The first-order chi connectivity index (χ1) is 10.5. The Kier molecular flexibility index (Phi) is 13.2. The smallest absolute Gasteiger partial charge is 0.325 e. The Bertz CT molecular complexity index is 401. The van der Waals surface area contributed by atoms with Gasteiger partial charge in [-0.3, -0.25) is 9.35 Å². The number of carbonyl (C=O) groups is 1. The second-order valence-electron chi connectivity index (χ2n) is 5.51. The SMILES string of the molecule is CCCCCCC=CCCCCCCCC(=O)OS(=O)(=O)O. The normalized spacial score (nSPS) is 11.9. The molecule has 1 N–H and O–H groups in total. The van der Waals surface area contributed by atoms with Crippen molar-refractivity contribution in [3.05, 3.63) is 12.2 Å². The average Bonchev–Trinajstić information content (AvgIpc) is 2.42. The van der Waals surface area contributed by atoms with Crippen LogP contribution in [0, 0.1) is 0 Å². The van der Waals surface area contributed by atoms with E-state index in [1.54, 1.807) is 0 Å². The molecule has 0 aromatic heterocycles. The molecule has 0 saturated carbocycles.